The number of alkyl halides is 3. The molecule has 1 aromatic heterocycles. The number of hydrogen-bond donors (Lipinski definition) is 0. The Kier molecular flexibility index (Phi) is 5.61. The third-order valence-corrected chi connectivity index (χ3v) is 6.46. The van der Waals surface area contributed by atoms with Gasteiger partial charge in [-0.1, -0.05) is 103 Å². The number of pyridine rings is 1. The van der Waals surface area contributed by atoms with E-state index < -0.39 is 11.9 Å². The van der Waals surface area contributed by atoms with Gasteiger partial charge in [0.1, 0.15) is 11.5 Å². The molecule has 5 aromatic carbocycles. The molecule has 0 amide bonds. The molecule has 0 aliphatic rings. The lowest BCUT2D eigenvalue weighted by molar-refractivity contribution is -0.141. The summed E-state index contributed by atoms with van der Waals surface area (Å²) in [5.41, 5.74) is 2.73. The van der Waals surface area contributed by atoms with Crippen LogP contribution >= 0.6 is 0 Å². The summed E-state index contributed by atoms with van der Waals surface area (Å²) in [5.74, 6) is 0.198. The molecule has 0 bridgehead atoms. The Bertz CT molecular complexity index is 1650. The van der Waals surface area contributed by atoms with Gasteiger partial charge in [-0.15, -0.1) is 0 Å². The Morgan fingerprint density at radius 1 is 0.514 bits per heavy atom. The summed E-state index contributed by atoms with van der Waals surface area (Å²) in [6.07, 6.45) is -4.56. The number of hydrogen-bond acceptors (Lipinski definition) is 2. The molecule has 0 saturated carbocycles. The van der Waals surface area contributed by atoms with Gasteiger partial charge >= 0.3 is 6.18 Å². The molecule has 37 heavy (non-hydrogen) atoms. The number of para-hydroxylation sites is 1. The van der Waals surface area contributed by atoms with Gasteiger partial charge in [0, 0.05) is 16.5 Å². The lowest BCUT2D eigenvalue weighted by atomic mass is 9.90. The van der Waals surface area contributed by atoms with Crippen LogP contribution in [0.2, 0.25) is 0 Å². The first-order valence-electron chi connectivity index (χ1n) is 11.9. The predicted octanol–water partition coefficient (Wildman–Crippen LogP) is 9.54. The number of fused-ring (bicyclic) bond motifs is 2. The molecule has 0 atom stereocenters. The van der Waals surface area contributed by atoms with Crippen LogP contribution in [0.4, 0.5) is 30.4 Å². The van der Waals surface area contributed by atoms with Crippen LogP contribution in [0.3, 0.4) is 0 Å². The van der Waals surface area contributed by atoms with Crippen molar-refractivity contribution in [1.82, 2.24) is 4.98 Å². The molecule has 0 fully saturated rings. The highest BCUT2D eigenvalue weighted by Gasteiger charge is 2.33. The van der Waals surface area contributed by atoms with E-state index in [0.717, 1.165) is 50.1 Å². The summed E-state index contributed by atoms with van der Waals surface area (Å²) in [5, 5.41) is 3.86. The first-order chi connectivity index (χ1) is 18.0. The van der Waals surface area contributed by atoms with E-state index in [9.17, 15) is 13.2 Å². The molecule has 0 unspecified atom stereocenters. The molecule has 2 nitrogen and oxygen atoms in total. The molecular weight excluding hydrogens is 469 g/mol. The second kappa shape index (κ2) is 9.10. The standard InChI is InChI=1S/C32H21F3N2/c33-32(34,35)28-20-11-21-29(36-28)37(23-14-5-2-6-15-23)31-26-18-9-7-16-24(26)30(22-12-3-1-4-13-22)25-17-8-10-19-27(25)31/h1-21H. The molecule has 6 aromatic rings. The maximum Gasteiger partial charge on any atom is 0.433 e. The smallest absolute Gasteiger partial charge is 0.294 e. The van der Waals surface area contributed by atoms with Gasteiger partial charge in [-0.05, 0) is 46.2 Å². The van der Waals surface area contributed by atoms with Crippen molar-refractivity contribution in [3.8, 4) is 11.1 Å². The minimum Gasteiger partial charge on any atom is -0.294 e. The van der Waals surface area contributed by atoms with Gasteiger partial charge in [0.15, 0.2) is 0 Å². The number of nitrogens with zero attached hydrogens (tertiary/aromatic N) is 2. The second-order valence-corrected chi connectivity index (χ2v) is 8.73. The molecule has 5 heteroatoms. The lowest BCUT2D eigenvalue weighted by Gasteiger charge is -2.29. The van der Waals surface area contributed by atoms with E-state index in [0.29, 0.717) is 0 Å². The zero-order valence-electron chi connectivity index (χ0n) is 19.7. The number of benzene rings is 5. The molecule has 6 rings (SSSR count). The van der Waals surface area contributed by atoms with Crippen molar-refractivity contribution in [1.29, 1.82) is 0 Å². The molecular formula is C32H21F3N2. The monoisotopic (exact) mass is 490 g/mol. The van der Waals surface area contributed by atoms with Crippen LogP contribution in [0, 0.1) is 0 Å². The van der Waals surface area contributed by atoms with Gasteiger partial charge in [-0.2, -0.15) is 13.2 Å². The van der Waals surface area contributed by atoms with Crippen LogP contribution in [0.25, 0.3) is 32.7 Å². The number of halogens is 3. The van der Waals surface area contributed by atoms with Crippen molar-refractivity contribution in [2.75, 3.05) is 4.90 Å². The average molecular weight is 491 g/mol. The quantitative estimate of drug-likeness (QED) is 0.229. The minimum atomic E-state index is -4.56. The van der Waals surface area contributed by atoms with Gasteiger partial charge in [0.25, 0.3) is 0 Å². The Morgan fingerprint density at radius 2 is 1.03 bits per heavy atom. The third kappa shape index (κ3) is 4.08. The van der Waals surface area contributed by atoms with E-state index in [1.807, 2.05) is 89.8 Å². The third-order valence-electron chi connectivity index (χ3n) is 6.46. The van der Waals surface area contributed by atoms with Crippen LogP contribution in [0.5, 0.6) is 0 Å². The normalized spacial score (nSPS) is 11.6. The van der Waals surface area contributed by atoms with Crippen molar-refractivity contribution in [3.05, 3.63) is 133 Å². The van der Waals surface area contributed by atoms with Gasteiger partial charge < -0.3 is 0 Å². The molecule has 0 spiro atoms. The number of rotatable bonds is 4. The van der Waals surface area contributed by atoms with Gasteiger partial charge in [-0.3, -0.25) is 4.90 Å². The van der Waals surface area contributed by atoms with E-state index in [1.165, 1.54) is 6.07 Å². The Morgan fingerprint density at radius 3 is 1.59 bits per heavy atom. The topological polar surface area (TPSA) is 16.1 Å². The highest BCUT2D eigenvalue weighted by molar-refractivity contribution is 6.22. The Labute approximate surface area is 212 Å². The van der Waals surface area contributed by atoms with E-state index in [-0.39, 0.29) is 5.82 Å². The molecule has 180 valence electrons. The highest BCUT2D eigenvalue weighted by atomic mass is 19.4. The van der Waals surface area contributed by atoms with Crippen molar-refractivity contribution in [3.63, 3.8) is 0 Å². The molecule has 1 heterocycles. The maximum atomic E-state index is 13.7. The fourth-order valence-corrected chi connectivity index (χ4v) is 4.92. The van der Waals surface area contributed by atoms with Crippen LogP contribution in [-0.2, 0) is 6.18 Å². The summed E-state index contributed by atoms with van der Waals surface area (Å²) < 4.78 is 41.1. The van der Waals surface area contributed by atoms with E-state index in [4.69, 9.17) is 0 Å². The summed E-state index contributed by atoms with van der Waals surface area (Å²) in [6.45, 7) is 0. The summed E-state index contributed by atoms with van der Waals surface area (Å²) in [6, 6.07) is 39.7. The molecule has 0 radical (unpaired) electrons. The molecule has 0 aliphatic carbocycles. The fraction of sp³-hybridized carbons (Fsp3) is 0.0312. The van der Waals surface area contributed by atoms with E-state index >= 15 is 0 Å². The first-order valence-corrected chi connectivity index (χ1v) is 11.9. The van der Waals surface area contributed by atoms with E-state index in [1.54, 1.807) is 6.07 Å². The second-order valence-electron chi connectivity index (χ2n) is 8.73. The number of anilines is 3. The van der Waals surface area contributed by atoms with Crippen LogP contribution in [-0.4, -0.2) is 4.98 Å². The van der Waals surface area contributed by atoms with Crippen molar-refractivity contribution in [2.45, 2.75) is 6.18 Å². The summed E-state index contributed by atoms with van der Waals surface area (Å²) in [4.78, 5) is 5.92. The average Bonchev–Trinajstić information content (AvgIpc) is 2.94. The summed E-state index contributed by atoms with van der Waals surface area (Å²) in [7, 11) is 0. The van der Waals surface area contributed by atoms with E-state index in [2.05, 4.69) is 29.2 Å². The van der Waals surface area contributed by atoms with Gasteiger partial charge in [0.05, 0.1) is 5.69 Å². The minimum absolute atomic E-state index is 0.198. The largest absolute Gasteiger partial charge is 0.433 e. The Hall–Kier alpha value is -4.64. The summed E-state index contributed by atoms with van der Waals surface area (Å²) >= 11 is 0. The van der Waals surface area contributed by atoms with Crippen molar-refractivity contribution >= 4 is 38.7 Å². The lowest BCUT2D eigenvalue weighted by Crippen LogP contribution is -2.16. The molecule has 0 saturated heterocycles. The molecule has 0 aliphatic heterocycles. The zero-order chi connectivity index (χ0) is 25.4. The maximum absolute atomic E-state index is 13.7. The van der Waals surface area contributed by atoms with Gasteiger partial charge in [0.2, 0.25) is 0 Å². The van der Waals surface area contributed by atoms with Crippen LogP contribution in [0.15, 0.2) is 127 Å². The molecule has 0 N–H and O–H groups in total. The Balaban J connectivity index is 1.75. The fourth-order valence-electron chi connectivity index (χ4n) is 4.92. The number of aromatic nitrogens is 1. The van der Waals surface area contributed by atoms with Crippen LogP contribution in [0.1, 0.15) is 5.69 Å². The first kappa shape index (κ1) is 22.8. The SMILES string of the molecule is FC(F)(F)c1cccc(N(c2ccccc2)c2c3ccccc3c(-c3ccccc3)c3ccccc23)n1. The van der Waals surface area contributed by atoms with Crippen LogP contribution < -0.4 is 4.90 Å². The van der Waals surface area contributed by atoms with Crippen molar-refractivity contribution in [2.24, 2.45) is 0 Å². The highest BCUT2D eigenvalue weighted by Crippen LogP contribution is 2.47. The zero-order valence-corrected chi connectivity index (χ0v) is 19.7. The predicted molar refractivity (Wildman–Crippen MR) is 144 cm³/mol. The van der Waals surface area contributed by atoms with Gasteiger partial charge in [-0.25, -0.2) is 4.98 Å². The van der Waals surface area contributed by atoms with Crippen molar-refractivity contribution < 1.29 is 13.2 Å².